The van der Waals surface area contributed by atoms with Crippen LogP contribution in [-0.2, 0) is 4.79 Å². The highest BCUT2D eigenvalue weighted by atomic mass is 16.2. The molecule has 3 rings (SSSR count). The van der Waals surface area contributed by atoms with Gasteiger partial charge in [-0.05, 0) is 62.6 Å². The molecule has 26 heavy (non-hydrogen) atoms. The number of amides is 3. The maximum absolute atomic E-state index is 12.8. The van der Waals surface area contributed by atoms with Crippen LogP contribution in [0.5, 0.6) is 0 Å². The number of benzene rings is 1. The van der Waals surface area contributed by atoms with E-state index in [1.54, 1.807) is 0 Å². The molecular weight excluding hydrogens is 326 g/mol. The average molecular weight is 357 g/mol. The Balaban J connectivity index is 1.52. The molecule has 0 bridgehead atoms. The Morgan fingerprint density at radius 3 is 2.46 bits per heavy atom. The average Bonchev–Trinajstić information content (AvgIpc) is 2.64. The molecule has 142 valence electrons. The van der Waals surface area contributed by atoms with Gasteiger partial charge in [0.2, 0.25) is 5.91 Å². The minimum Gasteiger partial charge on any atom is -0.342 e. The molecule has 0 radical (unpaired) electrons. The highest BCUT2D eigenvalue weighted by molar-refractivity contribution is 5.90. The number of likely N-dealkylation sites (tertiary alicyclic amines) is 2. The van der Waals surface area contributed by atoms with Gasteiger partial charge in [-0.15, -0.1) is 0 Å². The number of rotatable bonds is 2. The van der Waals surface area contributed by atoms with Crippen LogP contribution < -0.4 is 5.32 Å². The van der Waals surface area contributed by atoms with E-state index in [-0.39, 0.29) is 11.9 Å². The summed E-state index contributed by atoms with van der Waals surface area (Å²) in [6.07, 6.45) is 3.87. The second-order valence-electron chi connectivity index (χ2n) is 8.04. The largest absolute Gasteiger partial charge is 0.342 e. The van der Waals surface area contributed by atoms with Gasteiger partial charge in [0.15, 0.2) is 0 Å². The molecule has 1 atom stereocenters. The third-order valence-corrected chi connectivity index (χ3v) is 5.73. The molecule has 2 fully saturated rings. The lowest BCUT2D eigenvalue weighted by molar-refractivity contribution is -0.138. The number of nitrogens with one attached hydrogen (secondary N) is 1. The van der Waals surface area contributed by atoms with Crippen molar-refractivity contribution in [2.45, 2.75) is 46.5 Å². The Morgan fingerprint density at radius 1 is 1.04 bits per heavy atom. The number of hydrogen-bond acceptors (Lipinski definition) is 2. The van der Waals surface area contributed by atoms with Crippen LogP contribution in [0.1, 0.15) is 43.7 Å². The Bertz CT molecular complexity index is 665. The fourth-order valence-electron chi connectivity index (χ4n) is 4.04. The number of hydrogen-bond donors (Lipinski definition) is 1. The molecule has 2 heterocycles. The summed E-state index contributed by atoms with van der Waals surface area (Å²) in [7, 11) is 0. The summed E-state index contributed by atoms with van der Waals surface area (Å²) < 4.78 is 0. The van der Waals surface area contributed by atoms with Crippen molar-refractivity contribution in [2.24, 2.45) is 11.8 Å². The minimum atomic E-state index is -0.0591. The van der Waals surface area contributed by atoms with Gasteiger partial charge in [-0.2, -0.15) is 0 Å². The van der Waals surface area contributed by atoms with Gasteiger partial charge in [0.05, 0.1) is 0 Å². The number of anilines is 1. The molecule has 5 nitrogen and oxygen atoms in total. The summed E-state index contributed by atoms with van der Waals surface area (Å²) in [5, 5.41) is 3.03. The molecule has 1 N–H and O–H groups in total. The van der Waals surface area contributed by atoms with Crippen LogP contribution in [0, 0.1) is 25.7 Å². The Morgan fingerprint density at radius 2 is 1.77 bits per heavy atom. The summed E-state index contributed by atoms with van der Waals surface area (Å²) >= 11 is 0. The topological polar surface area (TPSA) is 52.7 Å². The predicted molar refractivity (Wildman–Crippen MR) is 104 cm³/mol. The minimum absolute atomic E-state index is 0.0591. The number of aryl methyl sites for hydroxylation is 2. The lowest BCUT2D eigenvalue weighted by Gasteiger charge is -2.37. The second kappa shape index (κ2) is 8.11. The molecule has 1 unspecified atom stereocenters. The van der Waals surface area contributed by atoms with Gasteiger partial charge in [0, 0.05) is 37.8 Å². The van der Waals surface area contributed by atoms with E-state index in [1.807, 2.05) is 41.8 Å². The molecule has 0 spiro atoms. The molecule has 0 aliphatic carbocycles. The molecule has 2 aliphatic rings. The first-order valence-electron chi connectivity index (χ1n) is 9.86. The van der Waals surface area contributed by atoms with Crippen molar-refractivity contribution in [1.29, 1.82) is 0 Å². The van der Waals surface area contributed by atoms with Crippen molar-refractivity contribution in [2.75, 3.05) is 31.5 Å². The number of urea groups is 1. The van der Waals surface area contributed by atoms with Crippen molar-refractivity contribution < 1.29 is 9.59 Å². The third kappa shape index (κ3) is 4.37. The zero-order valence-electron chi connectivity index (χ0n) is 16.3. The van der Waals surface area contributed by atoms with Crippen molar-refractivity contribution in [3.8, 4) is 0 Å². The van der Waals surface area contributed by atoms with Crippen LogP contribution in [-0.4, -0.2) is 47.9 Å². The fraction of sp³-hybridized carbons (Fsp3) is 0.619. The van der Waals surface area contributed by atoms with Gasteiger partial charge in [-0.3, -0.25) is 4.79 Å². The van der Waals surface area contributed by atoms with Gasteiger partial charge in [-0.25, -0.2) is 4.79 Å². The monoisotopic (exact) mass is 357 g/mol. The zero-order chi connectivity index (χ0) is 18.7. The Kier molecular flexibility index (Phi) is 5.84. The molecule has 0 aromatic heterocycles. The van der Waals surface area contributed by atoms with Gasteiger partial charge in [0.25, 0.3) is 0 Å². The van der Waals surface area contributed by atoms with E-state index in [0.29, 0.717) is 24.9 Å². The van der Waals surface area contributed by atoms with E-state index in [9.17, 15) is 9.59 Å². The van der Waals surface area contributed by atoms with Crippen LogP contribution in [0.2, 0.25) is 0 Å². The highest BCUT2D eigenvalue weighted by Crippen LogP contribution is 2.24. The summed E-state index contributed by atoms with van der Waals surface area (Å²) in [5.74, 6) is 0.979. The molecule has 0 saturated carbocycles. The number of piperidine rings is 2. The lowest BCUT2D eigenvalue weighted by Crippen LogP contribution is -2.47. The fourth-order valence-corrected chi connectivity index (χ4v) is 4.04. The number of carbonyl (C=O) groups excluding carboxylic acids is 2. The van der Waals surface area contributed by atoms with E-state index in [1.165, 1.54) is 6.42 Å². The van der Waals surface area contributed by atoms with Crippen molar-refractivity contribution in [3.63, 3.8) is 0 Å². The Hall–Kier alpha value is -2.04. The molecule has 2 saturated heterocycles. The summed E-state index contributed by atoms with van der Waals surface area (Å²) in [6.45, 7) is 9.34. The van der Waals surface area contributed by atoms with Crippen molar-refractivity contribution in [1.82, 2.24) is 9.80 Å². The van der Waals surface area contributed by atoms with E-state index < -0.39 is 0 Å². The van der Waals surface area contributed by atoms with Gasteiger partial charge in [0.1, 0.15) is 0 Å². The van der Waals surface area contributed by atoms with Crippen LogP contribution in [0.25, 0.3) is 0 Å². The first-order valence-corrected chi connectivity index (χ1v) is 9.86. The van der Waals surface area contributed by atoms with E-state index in [4.69, 9.17) is 0 Å². The highest BCUT2D eigenvalue weighted by Gasteiger charge is 2.31. The van der Waals surface area contributed by atoms with Crippen LogP contribution in [0.15, 0.2) is 18.2 Å². The molecular formula is C21H31N3O2. The molecule has 1 aromatic rings. The first-order chi connectivity index (χ1) is 12.4. The maximum atomic E-state index is 12.8. The van der Waals surface area contributed by atoms with Crippen LogP contribution >= 0.6 is 0 Å². The number of nitrogens with zero attached hydrogens (tertiary/aromatic N) is 2. The second-order valence-corrected chi connectivity index (χ2v) is 8.04. The summed E-state index contributed by atoms with van der Waals surface area (Å²) in [4.78, 5) is 29.2. The van der Waals surface area contributed by atoms with Gasteiger partial charge in [-0.1, -0.05) is 19.1 Å². The van der Waals surface area contributed by atoms with E-state index in [2.05, 4.69) is 12.2 Å². The van der Waals surface area contributed by atoms with E-state index >= 15 is 0 Å². The standard InChI is InChI=1S/C21H31N3O2/c1-15-6-7-17(3)19(13-15)22-21(26)23-11-8-18(9-12-23)20(25)24-10-4-5-16(2)14-24/h6-7,13,16,18H,4-5,8-12,14H2,1-3H3,(H,22,26). The van der Waals surface area contributed by atoms with Gasteiger partial charge < -0.3 is 15.1 Å². The van der Waals surface area contributed by atoms with Crippen molar-refractivity contribution in [3.05, 3.63) is 29.3 Å². The normalized spacial score (nSPS) is 21.6. The third-order valence-electron chi connectivity index (χ3n) is 5.73. The van der Waals surface area contributed by atoms with Crippen LogP contribution in [0.3, 0.4) is 0 Å². The SMILES string of the molecule is Cc1ccc(C)c(NC(=O)N2CCC(C(=O)N3CCCC(C)C3)CC2)c1. The summed E-state index contributed by atoms with van der Waals surface area (Å²) in [5.41, 5.74) is 3.06. The predicted octanol–water partition coefficient (Wildman–Crippen LogP) is 3.81. The number of carbonyl (C=O) groups is 2. The van der Waals surface area contributed by atoms with Crippen LogP contribution in [0.4, 0.5) is 10.5 Å². The summed E-state index contributed by atoms with van der Waals surface area (Å²) in [6, 6.07) is 6.01. The maximum Gasteiger partial charge on any atom is 0.321 e. The lowest BCUT2D eigenvalue weighted by atomic mass is 9.93. The quantitative estimate of drug-likeness (QED) is 0.875. The molecule has 2 aliphatic heterocycles. The molecule has 1 aromatic carbocycles. The van der Waals surface area contributed by atoms with E-state index in [0.717, 1.165) is 49.2 Å². The first kappa shape index (κ1) is 18.7. The molecule has 5 heteroatoms. The van der Waals surface area contributed by atoms with Crippen molar-refractivity contribution >= 4 is 17.6 Å². The smallest absolute Gasteiger partial charge is 0.321 e. The molecule has 3 amide bonds. The van der Waals surface area contributed by atoms with Gasteiger partial charge >= 0.3 is 6.03 Å². The Labute approximate surface area is 156 Å². The zero-order valence-corrected chi connectivity index (χ0v) is 16.3.